The Kier molecular flexibility index (Phi) is 4.14. The molecular formula is C14H13NO4S. The zero-order valence-corrected chi connectivity index (χ0v) is 11.9. The van der Waals surface area contributed by atoms with Gasteiger partial charge in [-0.15, -0.1) is 0 Å². The zero-order valence-electron chi connectivity index (χ0n) is 11.1. The summed E-state index contributed by atoms with van der Waals surface area (Å²) in [6.07, 6.45) is 0. The summed E-state index contributed by atoms with van der Waals surface area (Å²) in [5.41, 5.74) is 3.07. The molecule has 0 saturated heterocycles. The fourth-order valence-corrected chi connectivity index (χ4v) is 2.42. The van der Waals surface area contributed by atoms with Gasteiger partial charge in [0.25, 0.3) is 0 Å². The Bertz CT molecular complexity index is 663. The predicted octanol–water partition coefficient (Wildman–Crippen LogP) is 3.63. The van der Waals surface area contributed by atoms with Gasteiger partial charge in [-0.25, -0.2) is 4.79 Å². The molecule has 0 fully saturated rings. The molecule has 5 nitrogen and oxygen atoms in total. The number of carbonyl (C=O) groups excluding carboxylic acids is 1. The van der Waals surface area contributed by atoms with Crippen LogP contribution >= 0.6 is 11.3 Å². The first-order valence-corrected chi connectivity index (χ1v) is 6.76. The molecule has 0 spiro atoms. The number of nitro groups is 1. The molecular weight excluding hydrogens is 278 g/mol. The molecule has 0 unspecified atom stereocenters. The molecule has 1 heterocycles. The van der Waals surface area contributed by atoms with E-state index in [4.69, 9.17) is 4.74 Å². The Morgan fingerprint density at radius 2 is 2.05 bits per heavy atom. The maximum absolute atomic E-state index is 11.8. The highest BCUT2D eigenvalue weighted by atomic mass is 32.1. The lowest BCUT2D eigenvalue weighted by Gasteiger charge is -2.07. The number of benzene rings is 1. The predicted molar refractivity (Wildman–Crippen MR) is 76.0 cm³/mol. The summed E-state index contributed by atoms with van der Waals surface area (Å²) in [7, 11) is 0. The van der Waals surface area contributed by atoms with Crippen molar-refractivity contribution in [1.29, 1.82) is 0 Å². The van der Waals surface area contributed by atoms with Crippen molar-refractivity contribution in [3.8, 4) is 0 Å². The van der Waals surface area contributed by atoms with Crippen LogP contribution in [-0.2, 0) is 11.3 Å². The molecule has 0 saturated carbocycles. The lowest BCUT2D eigenvalue weighted by Crippen LogP contribution is -2.04. The highest BCUT2D eigenvalue weighted by molar-refractivity contribution is 7.17. The molecule has 1 aromatic carbocycles. The zero-order chi connectivity index (χ0) is 14.7. The number of hydrogen-bond acceptors (Lipinski definition) is 5. The van der Waals surface area contributed by atoms with Crippen molar-refractivity contribution >= 4 is 22.3 Å². The second kappa shape index (κ2) is 5.83. The lowest BCUT2D eigenvalue weighted by atomic mass is 10.1. The molecule has 0 aliphatic carbocycles. The number of ether oxygens (including phenoxy) is 1. The van der Waals surface area contributed by atoms with Crippen LogP contribution in [0, 0.1) is 24.0 Å². The molecule has 0 amide bonds. The van der Waals surface area contributed by atoms with Crippen LogP contribution in [0.25, 0.3) is 0 Å². The van der Waals surface area contributed by atoms with Gasteiger partial charge in [-0.3, -0.25) is 10.1 Å². The van der Waals surface area contributed by atoms with Crippen molar-refractivity contribution in [2.75, 3.05) is 0 Å². The molecule has 20 heavy (non-hydrogen) atoms. The minimum absolute atomic E-state index is 0.0660. The van der Waals surface area contributed by atoms with Gasteiger partial charge in [0.05, 0.1) is 4.92 Å². The standard InChI is InChI=1S/C14H13NO4S/c1-9-3-4-10(2)11(7-9)8-19-14(16)12-5-6-13(20-12)15(17)18/h3-7H,8H2,1-2H3. The number of nitrogens with zero attached hydrogens (tertiary/aromatic N) is 1. The van der Waals surface area contributed by atoms with Crippen molar-refractivity contribution in [2.45, 2.75) is 20.5 Å². The Morgan fingerprint density at radius 3 is 2.70 bits per heavy atom. The van der Waals surface area contributed by atoms with Crippen LogP contribution in [0.4, 0.5) is 5.00 Å². The number of carbonyl (C=O) groups is 1. The third-order valence-electron chi connectivity index (χ3n) is 2.84. The summed E-state index contributed by atoms with van der Waals surface area (Å²) in [4.78, 5) is 22.1. The van der Waals surface area contributed by atoms with Gasteiger partial charge in [-0.05, 0) is 31.0 Å². The molecule has 0 aliphatic rings. The van der Waals surface area contributed by atoms with Gasteiger partial charge in [0.15, 0.2) is 0 Å². The summed E-state index contributed by atoms with van der Waals surface area (Å²) >= 11 is 0.818. The second-order valence-corrected chi connectivity index (χ2v) is 5.46. The first-order valence-electron chi connectivity index (χ1n) is 5.95. The van der Waals surface area contributed by atoms with Crippen LogP contribution < -0.4 is 0 Å². The fourth-order valence-electron chi connectivity index (χ4n) is 1.71. The van der Waals surface area contributed by atoms with Crippen molar-refractivity contribution in [2.24, 2.45) is 0 Å². The summed E-state index contributed by atoms with van der Waals surface area (Å²) in [6.45, 7) is 4.07. The maximum atomic E-state index is 11.8. The van der Waals surface area contributed by atoms with E-state index in [0.717, 1.165) is 28.0 Å². The summed E-state index contributed by atoms with van der Waals surface area (Å²) in [6, 6.07) is 8.63. The molecule has 0 atom stereocenters. The van der Waals surface area contributed by atoms with Crippen LogP contribution in [0.15, 0.2) is 30.3 Å². The molecule has 2 aromatic rings. The quantitative estimate of drug-likeness (QED) is 0.490. The number of aryl methyl sites for hydroxylation is 2. The van der Waals surface area contributed by atoms with E-state index < -0.39 is 10.9 Å². The SMILES string of the molecule is Cc1ccc(C)c(COC(=O)c2ccc([N+](=O)[O-])s2)c1. The van der Waals surface area contributed by atoms with Gasteiger partial charge in [-0.1, -0.05) is 35.1 Å². The van der Waals surface area contributed by atoms with Crippen molar-refractivity contribution in [3.05, 3.63) is 62.0 Å². The summed E-state index contributed by atoms with van der Waals surface area (Å²) < 4.78 is 5.19. The van der Waals surface area contributed by atoms with E-state index >= 15 is 0 Å². The Balaban J connectivity index is 2.04. The number of rotatable bonds is 4. The molecule has 0 radical (unpaired) electrons. The Morgan fingerprint density at radius 1 is 1.30 bits per heavy atom. The van der Waals surface area contributed by atoms with E-state index in [-0.39, 0.29) is 16.5 Å². The minimum atomic E-state index is -0.538. The van der Waals surface area contributed by atoms with Crippen LogP contribution in [0.3, 0.4) is 0 Å². The third kappa shape index (κ3) is 3.21. The van der Waals surface area contributed by atoms with Crippen molar-refractivity contribution in [3.63, 3.8) is 0 Å². The lowest BCUT2D eigenvalue weighted by molar-refractivity contribution is -0.380. The Hall–Kier alpha value is -2.21. The summed E-state index contributed by atoms with van der Waals surface area (Å²) in [5, 5.41) is 10.5. The van der Waals surface area contributed by atoms with Crippen molar-refractivity contribution < 1.29 is 14.5 Å². The van der Waals surface area contributed by atoms with Crippen LogP contribution in [0.2, 0.25) is 0 Å². The largest absolute Gasteiger partial charge is 0.457 e. The average molecular weight is 291 g/mol. The summed E-state index contributed by atoms with van der Waals surface area (Å²) in [5.74, 6) is -0.538. The monoisotopic (exact) mass is 291 g/mol. The van der Waals surface area contributed by atoms with E-state index in [1.54, 1.807) is 0 Å². The number of esters is 1. The number of thiophene rings is 1. The van der Waals surface area contributed by atoms with E-state index in [1.165, 1.54) is 12.1 Å². The fraction of sp³-hybridized carbons (Fsp3) is 0.214. The van der Waals surface area contributed by atoms with E-state index in [0.29, 0.717) is 0 Å². The van der Waals surface area contributed by atoms with Crippen LogP contribution in [0.1, 0.15) is 26.4 Å². The highest BCUT2D eigenvalue weighted by Gasteiger charge is 2.16. The smallest absolute Gasteiger partial charge is 0.348 e. The molecule has 6 heteroatoms. The minimum Gasteiger partial charge on any atom is -0.457 e. The normalized spacial score (nSPS) is 10.3. The first kappa shape index (κ1) is 14.2. The van der Waals surface area contributed by atoms with Gasteiger partial charge in [0.2, 0.25) is 0 Å². The van der Waals surface area contributed by atoms with E-state index in [2.05, 4.69) is 0 Å². The van der Waals surface area contributed by atoms with Gasteiger partial charge in [0.1, 0.15) is 11.5 Å². The van der Waals surface area contributed by atoms with E-state index in [1.807, 2.05) is 32.0 Å². The van der Waals surface area contributed by atoms with Crippen LogP contribution in [0.5, 0.6) is 0 Å². The highest BCUT2D eigenvalue weighted by Crippen LogP contribution is 2.25. The molecule has 104 valence electrons. The average Bonchev–Trinajstić information content (AvgIpc) is 2.89. The number of hydrogen-bond donors (Lipinski definition) is 0. The van der Waals surface area contributed by atoms with Gasteiger partial charge in [0, 0.05) is 6.07 Å². The molecule has 0 aliphatic heterocycles. The van der Waals surface area contributed by atoms with Gasteiger partial charge >= 0.3 is 11.0 Å². The van der Waals surface area contributed by atoms with Gasteiger partial charge < -0.3 is 4.74 Å². The maximum Gasteiger partial charge on any atom is 0.348 e. The van der Waals surface area contributed by atoms with Crippen molar-refractivity contribution in [1.82, 2.24) is 0 Å². The molecule has 0 bridgehead atoms. The molecule has 0 N–H and O–H groups in total. The van der Waals surface area contributed by atoms with Gasteiger partial charge in [-0.2, -0.15) is 0 Å². The third-order valence-corrected chi connectivity index (χ3v) is 3.85. The molecule has 1 aromatic heterocycles. The Labute approximate surface area is 120 Å². The molecule has 2 rings (SSSR count). The second-order valence-electron chi connectivity index (χ2n) is 4.40. The van der Waals surface area contributed by atoms with E-state index in [9.17, 15) is 14.9 Å². The topological polar surface area (TPSA) is 69.4 Å². The van der Waals surface area contributed by atoms with Crippen LogP contribution in [-0.4, -0.2) is 10.9 Å². The first-order chi connectivity index (χ1) is 9.47.